The van der Waals surface area contributed by atoms with Gasteiger partial charge in [-0.3, -0.25) is 0 Å². The molecular weight excluding hydrogens is 238 g/mol. The van der Waals surface area contributed by atoms with Crippen LogP contribution in [0.5, 0.6) is 0 Å². The van der Waals surface area contributed by atoms with Crippen LogP contribution in [0.15, 0.2) is 6.20 Å². The second kappa shape index (κ2) is 4.51. The van der Waals surface area contributed by atoms with Crippen LogP contribution in [-0.2, 0) is 16.7 Å². The van der Waals surface area contributed by atoms with Crippen molar-refractivity contribution < 1.29 is 4.74 Å². The van der Waals surface area contributed by atoms with Gasteiger partial charge in [0.25, 0.3) is 0 Å². The smallest absolute Gasteiger partial charge is 0.203 e. The van der Waals surface area contributed by atoms with Crippen LogP contribution in [-0.4, -0.2) is 27.8 Å². The number of anilines is 1. The molecule has 0 aliphatic carbocycles. The van der Waals surface area contributed by atoms with Gasteiger partial charge in [0.15, 0.2) is 0 Å². The Kier molecular flexibility index (Phi) is 3.08. The van der Waals surface area contributed by atoms with Crippen LogP contribution in [0.4, 0.5) is 5.95 Å². The summed E-state index contributed by atoms with van der Waals surface area (Å²) in [7, 11) is 0. The molecule has 1 N–H and O–H groups in total. The fourth-order valence-corrected chi connectivity index (χ4v) is 2.99. The summed E-state index contributed by atoms with van der Waals surface area (Å²) in [5.74, 6) is 1.02. The number of aromatic nitrogens is 2. The van der Waals surface area contributed by atoms with Crippen molar-refractivity contribution in [2.75, 3.05) is 5.32 Å². The Bertz CT molecular complexity index is 460. The van der Waals surface area contributed by atoms with Crippen molar-refractivity contribution in [3.05, 3.63) is 11.9 Å². The van der Waals surface area contributed by atoms with Gasteiger partial charge in [0.05, 0.1) is 23.9 Å². The second-order valence-electron chi connectivity index (χ2n) is 7.00. The van der Waals surface area contributed by atoms with Crippen LogP contribution in [0.2, 0.25) is 0 Å². The molecular formula is C15H25N3O. The van der Waals surface area contributed by atoms with Gasteiger partial charge in [0.2, 0.25) is 5.95 Å². The molecule has 3 heterocycles. The van der Waals surface area contributed by atoms with Gasteiger partial charge in [0, 0.05) is 18.2 Å². The molecule has 0 radical (unpaired) electrons. The third-order valence-corrected chi connectivity index (χ3v) is 4.25. The lowest BCUT2D eigenvalue weighted by Crippen LogP contribution is -2.38. The lowest BCUT2D eigenvalue weighted by molar-refractivity contribution is 0.0406. The number of imidazole rings is 1. The van der Waals surface area contributed by atoms with E-state index in [-0.39, 0.29) is 5.41 Å². The molecule has 0 saturated carbocycles. The molecule has 2 aliphatic heterocycles. The minimum absolute atomic E-state index is 0.111. The third-order valence-electron chi connectivity index (χ3n) is 4.25. The first kappa shape index (κ1) is 13.0. The number of aryl methyl sites for hydroxylation is 1. The van der Waals surface area contributed by atoms with E-state index in [1.54, 1.807) is 0 Å². The molecule has 3 rings (SSSR count). The normalized spacial score (nSPS) is 31.1. The maximum atomic E-state index is 5.99. The number of nitrogens with one attached hydrogen (secondary N) is 1. The van der Waals surface area contributed by atoms with Gasteiger partial charge in [-0.2, -0.15) is 0 Å². The Morgan fingerprint density at radius 3 is 2.74 bits per heavy atom. The van der Waals surface area contributed by atoms with E-state index < -0.39 is 0 Å². The van der Waals surface area contributed by atoms with Gasteiger partial charge in [-0.1, -0.05) is 20.8 Å². The molecule has 2 aliphatic rings. The summed E-state index contributed by atoms with van der Waals surface area (Å²) in [6.07, 6.45) is 6.45. The average Bonchev–Trinajstić information content (AvgIpc) is 2.92. The summed E-state index contributed by atoms with van der Waals surface area (Å²) in [5, 5.41) is 3.58. The van der Waals surface area contributed by atoms with Crippen molar-refractivity contribution in [3.63, 3.8) is 0 Å². The van der Waals surface area contributed by atoms with Gasteiger partial charge in [-0.15, -0.1) is 0 Å². The number of rotatable bonds is 1. The van der Waals surface area contributed by atoms with Gasteiger partial charge in [-0.05, 0) is 26.2 Å². The molecule has 1 saturated heterocycles. The van der Waals surface area contributed by atoms with Crippen molar-refractivity contribution in [1.82, 2.24) is 9.55 Å². The highest BCUT2D eigenvalue weighted by Crippen LogP contribution is 2.30. The Morgan fingerprint density at radius 2 is 2.11 bits per heavy atom. The Balaban J connectivity index is 1.75. The highest BCUT2D eigenvalue weighted by Gasteiger charge is 2.33. The summed E-state index contributed by atoms with van der Waals surface area (Å²) < 4.78 is 8.24. The molecule has 4 heteroatoms. The average molecular weight is 263 g/mol. The molecule has 0 amide bonds. The SMILES string of the molecule is CC1CCC(C2CCn3cc(C(C)(C)C)nc3N2)O1. The number of fused-ring (bicyclic) bond motifs is 1. The molecule has 106 valence electrons. The lowest BCUT2D eigenvalue weighted by Gasteiger charge is -2.29. The van der Waals surface area contributed by atoms with E-state index in [4.69, 9.17) is 9.72 Å². The van der Waals surface area contributed by atoms with E-state index in [1.807, 2.05) is 0 Å². The summed E-state index contributed by atoms with van der Waals surface area (Å²) in [5.41, 5.74) is 1.27. The monoisotopic (exact) mass is 263 g/mol. The van der Waals surface area contributed by atoms with Crippen LogP contribution in [0.25, 0.3) is 0 Å². The van der Waals surface area contributed by atoms with Crippen LogP contribution >= 0.6 is 0 Å². The van der Waals surface area contributed by atoms with Gasteiger partial charge >= 0.3 is 0 Å². The van der Waals surface area contributed by atoms with E-state index in [9.17, 15) is 0 Å². The Morgan fingerprint density at radius 1 is 1.32 bits per heavy atom. The predicted molar refractivity (Wildman–Crippen MR) is 76.5 cm³/mol. The van der Waals surface area contributed by atoms with E-state index in [2.05, 4.69) is 43.8 Å². The predicted octanol–water partition coefficient (Wildman–Crippen LogP) is 2.93. The van der Waals surface area contributed by atoms with Crippen LogP contribution in [0, 0.1) is 0 Å². The molecule has 1 fully saturated rings. The van der Waals surface area contributed by atoms with Crippen LogP contribution in [0.1, 0.15) is 52.7 Å². The first-order chi connectivity index (χ1) is 8.93. The zero-order chi connectivity index (χ0) is 13.6. The number of hydrogen-bond acceptors (Lipinski definition) is 3. The molecule has 3 atom stereocenters. The van der Waals surface area contributed by atoms with Crippen LogP contribution in [0.3, 0.4) is 0 Å². The van der Waals surface area contributed by atoms with Gasteiger partial charge in [-0.25, -0.2) is 4.98 Å². The third kappa shape index (κ3) is 2.50. The van der Waals surface area contributed by atoms with E-state index in [0.717, 1.165) is 24.6 Å². The molecule has 3 unspecified atom stereocenters. The molecule has 0 spiro atoms. The Labute approximate surface area is 115 Å². The summed E-state index contributed by atoms with van der Waals surface area (Å²) >= 11 is 0. The van der Waals surface area contributed by atoms with Crippen LogP contribution < -0.4 is 5.32 Å². The lowest BCUT2D eigenvalue weighted by atomic mass is 9.93. The standard InChI is InChI=1S/C15H25N3O/c1-10-5-6-12(19-10)11-7-8-18-9-13(15(2,3)4)17-14(18)16-11/h9-12H,5-8H2,1-4H3,(H,16,17). The van der Waals surface area contributed by atoms with E-state index in [1.165, 1.54) is 12.8 Å². The maximum Gasteiger partial charge on any atom is 0.203 e. The molecule has 4 nitrogen and oxygen atoms in total. The minimum atomic E-state index is 0.111. The van der Waals surface area contributed by atoms with Crippen molar-refractivity contribution in [2.24, 2.45) is 0 Å². The topological polar surface area (TPSA) is 39.1 Å². The summed E-state index contributed by atoms with van der Waals surface area (Å²) in [6.45, 7) is 9.84. The van der Waals surface area contributed by atoms with Gasteiger partial charge in [0.1, 0.15) is 0 Å². The highest BCUT2D eigenvalue weighted by atomic mass is 16.5. The van der Waals surface area contributed by atoms with Crippen molar-refractivity contribution >= 4 is 5.95 Å². The largest absolute Gasteiger partial charge is 0.373 e. The fourth-order valence-electron chi connectivity index (χ4n) is 2.99. The number of hydrogen-bond donors (Lipinski definition) is 1. The maximum absolute atomic E-state index is 5.99. The minimum Gasteiger partial charge on any atom is -0.373 e. The number of nitrogens with zero attached hydrogens (tertiary/aromatic N) is 2. The highest BCUT2D eigenvalue weighted by molar-refractivity contribution is 5.35. The first-order valence-electron chi connectivity index (χ1n) is 7.43. The molecule has 0 aromatic carbocycles. The fraction of sp³-hybridized carbons (Fsp3) is 0.800. The van der Waals surface area contributed by atoms with E-state index >= 15 is 0 Å². The molecule has 1 aromatic rings. The molecule has 19 heavy (non-hydrogen) atoms. The van der Waals surface area contributed by atoms with Gasteiger partial charge < -0.3 is 14.6 Å². The Hall–Kier alpha value is -1.03. The van der Waals surface area contributed by atoms with Crippen molar-refractivity contribution in [2.45, 2.75) is 77.2 Å². The zero-order valence-corrected chi connectivity index (χ0v) is 12.4. The second-order valence-corrected chi connectivity index (χ2v) is 7.00. The first-order valence-corrected chi connectivity index (χ1v) is 7.43. The van der Waals surface area contributed by atoms with Crippen molar-refractivity contribution in [3.8, 4) is 0 Å². The van der Waals surface area contributed by atoms with E-state index in [0.29, 0.717) is 18.2 Å². The summed E-state index contributed by atoms with van der Waals surface area (Å²) in [4.78, 5) is 4.76. The molecule has 1 aromatic heterocycles. The van der Waals surface area contributed by atoms with Crippen molar-refractivity contribution in [1.29, 1.82) is 0 Å². The molecule has 0 bridgehead atoms. The zero-order valence-electron chi connectivity index (χ0n) is 12.4. The number of ether oxygens (including phenoxy) is 1. The summed E-state index contributed by atoms with van der Waals surface area (Å²) in [6, 6.07) is 0.424. The quantitative estimate of drug-likeness (QED) is 0.846.